The summed E-state index contributed by atoms with van der Waals surface area (Å²) in [6.07, 6.45) is 0. The number of hydrogen-bond acceptors (Lipinski definition) is 3. The van der Waals surface area contributed by atoms with Gasteiger partial charge < -0.3 is 9.47 Å². The molecule has 0 bridgehead atoms. The Morgan fingerprint density at radius 1 is 1.05 bits per heavy atom. The smallest absolute Gasteiger partial charge is 0.349 e. The molecule has 0 N–H and O–H groups in total. The number of carbonyl (C=O) groups excluding carboxylic acids is 1. The summed E-state index contributed by atoms with van der Waals surface area (Å²) >= 11 is 3.34. The second-order valence-corrected chi connectivity index (χ2v) is 5.35. The molecule has 0 unspecified atom stereocenters. The number of aryl methyl sites for hydroxylation is 2. The van der Waals surface area contributed by atoms with E-state index in [9.17, 15) is 4.79 Å². The van der Waals surface area contributed by atoms with Crippen LogP contribution in [-0.2, 0) is 4.79 Å². The Kier molecular flexibility index (Phi) is 4.79. The zero-order valence-electron chi connectivity index (χ0n) is 11.4. The van der Waals surface area contributed by atoms with Crippen molar-refractivity contribution in [1.29, 1.82) is 0 Å². The van der Waals surface area contributed by atoms with Gasteiger partial charge in [0.15, 0.2) is 6.61 Å². The minimum absolute atomic E-state index is 0.116. The van der Waals surface area contributed by atoms with Crippen molar-refractivity contribution in [2.75, 3.05) is 6.61 Å². The zero-order chi connectivity index (χ0) is 14.5. The predicted octanol–water partition coefficient (Wildman–Crippen LogP) is 4.05. The van der Waals surface area contributed by atoms with Crippen LogP contribution >= 0.6 is 15.9 Å². The molecule has 20 heavy (non-hydrogen) atoms. The number of carbonyl (C=O) groups is 1. The fraction of sp³-hybridized carbons (Fsp3) is 0.188. The minimum Gasteiger partial charge on any atom is -0.482 e. The summed E-state index contributed by atoms with van der Waals surface area (Å²) in [5.41, 5.74) is 1.86. The van der Waals surface area contributed by atoms with E-state index in [0.29, 0.717) is 11.5 Å². The van der Waals surface area contributed by atoms with Gasteiger partial charge in [-0.2, -0.15) is 0 Å². The van der Waals surface area contributed by atoms with Crippen molar-refractivity contribution in [3.63, 3.8) is 0 Å². The van der Waals surface area contributed by atoms with Gasteiger partial charge in [0.05, 0.1) is 0 Å². The van der Waals surface area contributed by atoms with Crippen molar-refractivity contribution in [1.82, 2.24) is 0 Å². The molecule has 0 aliphatic heterocycles. The van der Waals surface area contributed by atoms with Crippen LogP contribution in [0.1, 0.15) is 11.1 Å². The molecule has 0 atom stereocenters. The first kappa shape index (κ1) is 14.6. The van der Waals surface area contributed by atoms with Gasteiger partial charge in [0.1, 0.15) is 11.5 Å². The third-order valence-electron chi connectivity index (χ3n) is 2.79. The molecular weight excluding hydrogens is 320 g/mol. The van der Waals surface area contributed by atoms with Crippen LogP contribution in [0.15, 0.2) is 46.9 Å². The molecule has 0 spiro atoms. The van der Waals surface area contributed by atoms with E-state index < -0.39 is 5.97 Å². The largest absolute Gasteiger partial charge is 0.482 e. The average molecular weight is 335 g/mol. The van der Waals surface area contributed by atoms with Gasteiger partial charge in [-0.25, -0.2) is 4.79 Å². The van der Waals surface area contributed by atoms with E-state index in [0.717, 1.165) is 15.6 Å². The number of rotatable bonds is 4. The first-order valence-electron chi connectivity index (χ1n) is 6.21. The van der Waals surface area contributed by atoms with E-state index >= 15 is 0 Å². The Hall–Kier alpha value is -1.81. The van der Waals surface area contributed by atoms with Gasteiger partial charge in [0.2, 0.25) is 0 Å². The van der Waals surface area contributed by atoms with Gasteiger partial charge in [0, 0.05) is 4.47 Å². The highest BCUT2D eigenvalue weighted by molar-refractivity contribution is 9.10. The Bertz CT molecular complexity index is 585. The molecule has 0 radical (unpaired) electrons. The van der Waals surface area contributed by atoms with Crippen molar-refractivity contribution < 1.29 is 14.3 Å². The quantitative estimate of drug-likeness (QED) is 0.625. The molecule has 0 aliphatic rings. The molecule has 2 rings (SSSR count). The van der Waals surface area contributed by atoms with Gasteiger partial charge in [-0.05, 0) is 49.2 Å². The lowest BCUT2D eigenvalue weighted by Gasteiger charge is -2.11. The maximum atomic E-state index is 11.8. The first-order valence-corrected chi connectivity index (χ1v) is 7.01. The summed E-state index contributed by atoms with van der Waals surface area (Å²) in [6, 6.07) is 13.0. The summed E-state index contributed by atoms with van der Waals surface area (Å²) in [6.45, 7) is 3.70. The summed E-state index contributed by atoms with van der Waals surface area (Å²) in [5, 5.41) is 0. The number of para-hydroxylation sites is 1. The summed E-state index contributed by atoms with van der Waals surface area (Å²) in [5.74, 6) is 0.828. The zero-order valence-corrected chi connectivity index (χ0v) is 12.9. The third-order valence-corrected chi connectivity index (χ3v) is 3.32. The van der Waals surface area contributed by atoms with Crippen molar-refractivity contribution >= 4 is 21.9 Å². The number of hydrogen-bond donors (Lipinski definition) is 0. The van der Waals surface area contributed by atoms with E-state index in [1.54, 1.807) is 12.1 Å². The second kappa shape index (κ2) is 6.57. The van der Waals surface area contributed by atoms with Crippen LogP contribution in [-0.4, -0.2) is 12.6 Å². The van der Waals surface area contributed by atoms with Gasteiger partial charge in [-0.15, -0.1) is 0 Å². The van der Waals surface area contributed by atoms with Crippen molar-refractivity contribution in [3.8, 4) is 11.5 Å². The third kappa shape index (κ3) is 3.84. The molecule has 0 amide bonds. The standard InChI is InChI=1S/C16H15BrO3/c1-11-4-3-5-12(2)16(11)20-15(18)10-19-14-8-6-13(17)7-9-14/h3-9H,10H2,1-2H3. The monoisotopic (exact) mass is 334 g/mol. The van der Waals surface area contributed by atoms with Crippen LogP contribution in [0.2, 0.25) is 0 Å². The molecule has 0 saturated heterocycles. The lowest BCUT2D eigenvalue weighted by atomic mass is 10.1. The Labute approximate surface area is 126 Å². The van der Waals surface area contributed by atoms with Gasteiger partial charge in [-0.3, -0.25) is 0 Å². The Balaban J connectivity index is 1.94. The van der Waals surface area contributed by atoms with Crippen LogP contribution in [0.4, 0.5) is 0 Å². The highest BCUT2D eigenvalue weighted by Gasteiger charge is 2.10. The highest BCUT2D eigenvalue weighted by Crippen LogP contribution is 2.22. The predicted molar refractivity (Wildman–Crippen MR) is 81.2 cm³/mol. The second-order valence-electron chi connectivity index (χ2n) is 4.44. The number of benzene rings is 2. The molecule has 0 saturated carbocycles. The van der Waals surface area contributed by atoms with Crippen LogP contribution in [0.3, 0.4) is 0 Å². The number of ether oxygens (including phenoxy) is 2. The summed E-state index contributed by atoms with van der Waals surface area (Å²) < 4.78 is 11.7. The van der Waals surface area contributed by atoms with E-state index in [2.05, 4.69) is 15.9 Å². The molecule has 104 valence electrons. The number of halogens is 1. The molecule has 0 heterocycles. The van der Waals surface area contributed by atoms with Crippen LogP contribution < -0.4 is 9.47 Å². The van der Waals surface area contributed by atoms with Crippen molar-refractivity contribution in [2.45, 2.75) is 13.8 Å². The van der Waals surface area contributed by atoms with E-state index in [-0.39, 0.29) is 6.61 Å². The minimum atomic E-state index is -0.412. The maximum Gasteiger partial charge on any atom is 0.349 e. The summed E-state index contributed by atoms with van der Waals surface area (Å²) in [7, 11) is 0. The van der Waals surface area contributed by atoms with Crippen molar-refractivity contribution in [3.05, 3.63) is 58.1 Å². The fourth-order valence-electron chi connectivity index (χ4n) is 1.78. The SMILES string of the molecule is Cc1cccc(C)c1OC(=O)COc1ccc(Br)cc1. The van der Waals surface area contributed by atoms with Crippen LogP contribution in [0.25, 0.3) is 0 Å². The Morgan fingerprint density at radius 2 is 1.65 bits per heavy atom. The first-order chi connectivity index (χ1) is 9.56. The molecule has 4 heteroatoms. The molecule has 3 nitrogen and oxygen atoms in total. The number of esters is 1. The highest BCUT2D eigenvalue weighted by atomic mass is 79.9. The lowest BCUT2D eigenvalue weighted by Crippen LogP contribution is -2.18. The fourth-order valence-corrected chi connectivity index (χ4v) is 2.04. The van der Waals surface area contributed by atoms with Gasteiger partial charge in [0.25, 0.3) is 0 Å². The maximum absolute atomic E-state index is 11.8. The average Bonchev–Trinajstić information content (AvgIpc) is 2.42. The van der Waals surface area contributed by atoms with Gasteiger partial charge in [-0.1, -0.05) is 34.1 Å². The molecule has 0 aliphatic carbocycles. The lowest BCUT2D eigenvalue weighted by molar-refractivity contribution is -0.136. The normalized spacial score (nSPS) is 10.2. The van der Waals surface area contributed by atoms with E-state index in [1.165, 1.54) is 0 Å². The van der Waals surface area contributed by atoms with Crippen molar-refractivity contribution in [2.24, 2.45) is 0 Å². The van der Waals surface area contributed by atoms with Crippen LogP contribution in [0.5, 0.6) is 11.5 Å². The van der Waals surface area contributed by atoms with Crippen LogP contribution in [0, 0.1) is 13.8 Å². The topological polar surface area (TPSA) is 35.5 Å². The van der Waals surface area contributed by atoms with Gasteiger partial charge >= 0.3 is 5.97 Å². The summed E-state index contributed by atoms with van der Waals surface area (Å²) in [4.78, 5) is 11.8. The molecular formula is C16H15BrO3. The van der Waals surface area contributed by atoms with E-state index in [4.69, 9.17) is 9.47 Å². The molecule has 0 fully saturated rings. The Morgan fingerprint density at radius 3 is 2.25 bits per heavy atom. The molecule has 0 aromatic heterocycles. The molecule has 2 aromatic carbocycles. The molecule has 2 aromatic rings. The van der Waals surface area contributed by atoms with E-state index in [1.807, 2.05) is 44.2 Å².